The van der Waals surface area contributed by atoms with Crippen molar-refractivity contribution in [3.63, 3.8) is 0 Å². The van der Waals surface area contributed by atoms with Crippen molar-refractivity contribution in [2.45, 2.75) is 5.41 Å². The van der Waals surface area contributed by atoms with E-state index in [1.54, 1.807) is 0 Å². The smallest absolute Gasteiger partial charge is 0.160 e. The molecule has 280 valence electrons. The summed E-state index contributed by atoms with van der Waals surface area (Å²) in [5.74, 6) is 0.700. The third-order valence-corrected chi connectivity index (χ3v) is 13.5. The van der Waals surface area contributed by atoms with Crippen LogP contribution in [-0.2, 0) is 5.41 Å². The zero-order chi connectivity index (χ0) is 39.6. The second-order valence-electron chi connectivity index (χ2n) is 15.7. The van der Waals surface area contributed by atoms with Crippen molar-refractivity contribution in [1.29, 1.82) is 0 Å². The van der Waals surface area contributed by atoms with E-state index in [0.717, 1.165) is 39.0 Å². The van der Waals surface area contributed by atoms with E-state index in [9.17, 15) is 0 Å². The fourth-order valence-electron chi connectivity index (χ4n) is 9.57. The van der Waals surface area contributed by atoms with Gasteiger partial charge in [0, 0.05) is 36.9 Å². The van der Waals surface area contributed by atoms with Gasteiger partial charge in [0.15, 0.2) is 5.82 Å². The van der Waals surface area contributed by atoms with Crippen LogP contribution in [0.15, 0.2) is 218 Å². The molecule has 3 heteroatoms. The lowest BCUT2D eigenvalue weighted by Gasteiger charge is -2.34. The first kappa shape index (κ1) is 34.6. The number of thiophene rings is 1. The van der Waals surface area contributed by atoms with Gasteiger partial charge in [0.1, 0.15) is 0 Å². The van der Waals surface area contributed by atoms with Crippen LogP contribution < -0.4 is 0 Å². The molecule has 12 rings (SSSR count). The Labute approximate surface area is 352 Å². The Morgan fingerprint density at radius 2 is 0.933 bits per heavy atom. The first-order valence-corrected chi connectivity index (χ1v) is 21.3. The van der Waals surface area contributed by atoms with Crippen LogP contribution in [0.5, 0.6) is 0 Å². The van der Waals surface area contributed by atoms with E-state index in [2.05, 4.69) is 218 Å². The highest BCUT2D eigenvalue weighted by Gasteiger charge is 2.46. The Bertz CT molecular complexity index is 3400. The summed E-state index contributed by atoms with van der Waals surface area (Å²) in [5, 5.41) is 4.97. The highest BCUT2D eigenvalue weighted by atomic mass is 32.1. The van der Waals surface area contributed by atoms with Crippen LogP contribution in [0.1, 0.15) is 22.3 Å². The number of nitrogens with zero attached hydrogens (tertiary/aromatic N) is 2. The van der Waals surface area contributed by atoms with Gasteiger partial charge in [-0.1, -0.05) is 182 Å². The van der Waals surface area contributed by atoms with Crippen LogP contribution in [0.4, 0.5) is 0 Å². The molecule has 0 amide bonds. The van der Waals surface area contributed by atoms with Crippen LogP contribution in [0.25, 0.3) is 87.1 Å². The number of fused-ring (bicyclic) bond motifs is 7. The Morgan fingerprint density at radius 1 is 0.333 bits per heavy atom. The van der Waals surface area contributed by atoms with Crippen molar-refractivity contribution in [3.05, 3.63) is 241 Å². The molecule has 0 saturated heterocycles. The fraction of sp³-hybridized carbons (Fsp3) is 0.0175. The lowest BCUT2D eigenvalue weighted by atomic mass is 9.67. The highest BCUT2D eigenvalue weighted by molar-refractivity contribution is 7.25. The van der Waals surface area contributed by atoms with Crippen molar-refractivity contribution in [3.8, 4) is 56.2 Å². The zero-order valence-electron chi connectivity index (χ0n) is 32.6. The van der Waals surface area contributed by atoms with Gasteiger partial charge in [0.05, 0.1) is 16.8 Å². The molecule has 2 nitrogen and oxygen atoms in total. The maximum absolute atomic E-state index is 5.40. The molecule has 9 aromatic carbocycles. The van der Waals surface area contributed by atoms with Gasteiger partial charge in [-0.2, -0.15) is 0 Å². The summed E-state index contributed by atoms with van der Waals surface area (Å²) in [5.41, 5.74) is 14.2. The van der Waals surface area contributed by atoms with E-state index < -0.39 is 5.41 Å². The predicted octanol–water partition coefficient (Wildman–Crippen LogP) is 15.0. The topological polar surface area (TPSA) is 25.8 Å². The minimum atomic E-state index is -0.509. The molecular weight excluding hydrogens is 745 g/mol. The normalized spacial score (nSPS) is 12.8. The second-order valence-corrected chi connectivity index (χ2v) is 16.8. The average Bonchev–Trinajstić information content (AvgIpc) is 3.85. The van der Waals surface area contributed by atoms with Gasteiger partial charge in [-0.25, -0.2) is 9.97 Å². The van der Waals surface area contributed by atoms with Gasteiger partial charge in [-0.05, 0) is 91.7 Å². The Balaban J connectivity index is 1.05. The van der Waals surface area contributed by atoms with Gasteiger partial charge in [0.2, 0.25) is 0 Å². The standard InChI is InChI=1S/C57H36N2S/c1-3-18-44(19-4-1)57(45-20-5-2-6-21-45)50-24-11-9-22-46(50)47-30-29-42(34-51(47)57)53-36-52(58-56(59-53)43-27-26-37-14-7-8-15-38(37)33-43)41-17-13-16-39(32-41)40-28-31-49-48-23-10-12-25-54(48)60-55(49)35-40/h1-36H. The van der Waals surface area contributed by atoms with Crippen molar-refractivity contribution >= 4 is 42.3 Å². The molecule has 0 spiro atoms. The predicted molar refractivity (Wildman–Crippen MR) is 251 cm³/mol. The van der Waals surface area contributed by atoms with E-state index in [4.69, 9.17) is 9.97 Å². The minimum Gasteiger partial charge on any atom is -0.228 e. The molecule has 0 N–H and O–H groups in total. The van der Waals surface area contributed by atoms with Crippen LogP contribution in [0.2, 0.25) is 0 Å². The number of benzene rings is 9. The third-order valence-electron chi connectivity index (χ3n) is 12.4. The van der Waals surface area contributed by atoms with Crippen molar-refractivity contribution in [2.24, 2.45) is 0 Å². The lowest BCUT2D eigenvalue weighted by molar-refractivity contribution is 0.768. The highest BCUT2D eigenvalue weighted by Crippen LogP contribution is 2.56. The van der Waals surface area contributed by atoms with Crippen LogP contribution in [0.3, 0.4) is 0 Å². The molecule has 0 fully saturated rings. The number of aromatic nitrogens is 2. The summed E-state index contributed by atoms with van der Waals surface area (Å²) in [4.78, 5) is 10.7. The van der Waals surface area contributed by atoms with E-state index in [1.165, 1.54) is 64.5 Å². The largest absolute Gasteiger partial charge is 0.228 e. The minimum absolute atomic E-state index is 0.509. The first-order chi connectivity index (χ1) is 29.7. The van der Waals surface area contributed by atoms with Crippen LogP contribution >= 0.6 is 11.3 Å². The Morgan fingerprint density at radius 3 is 1.75 bits per heavy atom. The summed E-state index contributed by atoms with van der Waals surface area (Å²) in [7, 11) is 0. The van der Waals surface area contributed by atoms with Crippen LogP contribution in [-0.4, -0.2) is 9.97 Å². The van der Waals surface area contributed by atoms with E-state index in [0.29, 0.717) is 5.82 Å². The first-order valence-electron chi connectivity index (χ1n) is 20.5. The van der Waals surface area contributed by atoms with E-state index >= 15 is 0 Å². The van der Waals surface area contributed by atoms with E-state index in [-0.39, 0.29) is 0 Å². The maximum Gasteiger partial charge on any atom is 0.160 e. The van der Waals surface area contributed by atoms with Crippen LogP contribution in [0, 0.1) is 0 Å². The van der Waals surface area contributed by atoms with Crippen molar-refractivity contribution in [2.75, 3.05) is 0 Å². The summed E-state index contributed by atoms with van der Waals surface area (Å²) in [6, 6.07) is 79.3. The molecular formula is C57H36N2S. The number of rotatable bonds is 6. The monoisotopic (exact) mass is 780 g/mol. The molecule has 0 bridgehead atoms. The van der Waals surface area contributed by atoms with E-state index in [1.807, 2.05) is 11.3 Å². The molecule has 0 unspecified atom stereocenters. The third kappa shape index (κ3) is 5.47. The van der Waals surface area contributed by atoms with Crippen molar-refractivity contribution < 1.29 is 0 Å². The Kier molecular flexibility index (Phi) is 7.97. The molecule has 0 aliphatic heterocycles. The molecule has 2 heterocycles. The van der Waals surface area contributed by atoms with Gasteiger partial charge in [0.25, 0.3) is 0 Å². The molecule has 0 radical (unpaired) electrons. The fourth-order valence-corrected chi connectivity index (χ4v) is 10.7. The molecule has 2 aromatic heterocycles. The second kappa shape index (κ2) is 13.8. The summed E-state index contributed by atoms with van der Waals surface area (Å²) in [6.45, 7) is 0. The Hall–Kier alpha value is -7.46. The molecule has 0 saturated carbocycles. The summed E-state index contributed by atoms with van der Waals surface area (Å²) in [6.07, 6.45) is 0. The molecule has 1 aliphatic rings. The maximum atomic E-state index is 5.40. The van der Waals surface area contributed by atoms with Crippen molar-refractivity contribution in [1.82, 2.24) is 9.97 Å². The molecule has 11 aromatic rings. The van der Waals surface area contributed by atoms with Gasteiger partial charge in [-0.15, -0.1) is 11.3 Å². The number of hydrogen-bond donors (Lipinski definition) is 0. The summed E-state index contributed by atoms with van der Waals surface area (Å²) < 4.78 is 2.61. The lowest BCUT2D eigenvalue weighted by Crippen LogP contribution is -2.28. The van der Waals surface area contributed by atoms with Gasteiger partial charge in [-0.3, -0.25) is 0 Å². The SMILES string of the molecule is c1ccc(C2(c3ccccc3)c3ccccc3-c3ccc(-c4cc(-c5cccc(-c6ccc7c(c6)sc6ccccc67)c5)nc(-c5ccc6ccccc6c5)n4)cc32)cc1. The molecule has 60 heavy (non-hydrogen) atoms. The quantitative estimate of drug-likeness (QED) is 0.168. The number of hydrogen-bond acceptors (Lipinski definition) is 3. The average molecular weight is 781 g/mol. The van der Waals surface area contributed by atoms with Gasteiger partial charge < -0.3 is 0 Å². The zero-order valence-corrected chi connectivity index (χ0v) is 33.4. The summed E-state index contributed by atoms with van der Waals surface area (Å²) >= 11 is 1.85. The molecule has 0 atom stereocenters. The molecule has 1 aliphatic carbocycles. The van der Waals surface area contributed by atoms with Gasteiger partial charge >= 0.3 is 0 Å².